The molecule has 0 saturated carbocycles. The number of carbonyl (C=O) groups is 2. The first-order valence-electron chi connectivity index (χ1n) is 13.8. The van der Waals surface area contributed by atoms with Crippen molar-refractivity contribution in [2.24, 2.45) is 7.05 Å². The molecule has 0 saturated heterocycles. The highest BCUT2D eigenvalue weighted by Crippen LogP contribution is 2.24. The number of carbonyl (C=O) groups excluding carboxylic acids is 2. The lowest BCUT2D eigenvalue weighted by Crippen LogP contribution is -2.31. The molecule has 0 aliphatic heterocycles. The van der Waals surface area contributed by atoms with Gasteiger partial charge in [0.1, 0.15) is 5.56 Å². The lowest BCUT2D eigenvalue weighted by Gasteiger charge is -2.09. The number of nitrogens with zero attached hydrogens (tertiary/aromatic N) is 4. The SMILES string of the molecule is CNC(=O)c1ccc(Nc2ncc3cc(/C=C/CNC(=O)c4c(C)n(C)n(Cc5ccc(F)c(F)c5)c4=O)ccc3n2)cc1Cl. The van der Waals surface area contributed by atoms with Crippen LogP contribution in [0.5, 0.6) is 0 Å². The Morgan fingerprint density at radius 1 is 1.02 bits per heavy atom. The number of fused-ring (bicyclic) bond motifs is 1. The highest BCUT2D eigenvalue weighted by molar-refractivity contribution is 6.34. The summed E-state index contributed by atoms with van der Waals surface area (Å²) < 4.78 is 29.8. The summed E-state index contributed by atoms with van der Waals surface area (Å²) in [6, 6.07) is 14.0. The Kier molecular flexibility index (Phi) is 9.05. The number of benzene rings is 3. The van der Waals surface area contributed by atoms with E-state index in [1.807, 2.05) is 24.3 Å². The molecule has 0 fully saturated rings. The molecule has 45 heavy (non-hydrogen) atoms. The molecule has 0 unspecified atom stereocenters. The van der Waals surface area contributed by atoms with Crippen molar-refractivity contribution in [3.8, 4) is 0 Å². The minimum Gasteiger partial charge on any atom is -0.355 e. The smallest absolute Gasteiger partial charge is 0.280 e. The van der Waals surface area contributed by atoms with E-state index in [2.05, 4.69) is 25.9 Å². The minimum absolute atomic E-state index is 0.0228. The van der Waals surface area contributed by atoms with E-state index in [-0.39, 0.29) is 24.6 Å². The topological polar surface area (TPSA) is 123 Å². The van der Waals surface area contributed by atoms with Gasteiger partial charge in [-0.2, -0.15) is 0 Å². The Morgan fingerprint density at radius 2 is 1.82 bits per heavy atom. The molecule has 230 valence electrons. The van der Waals surface area contributed by atoms with Gasteiger partial charge >= 0.3 is 0 Å². The number of nitrogens with one attached hydrogen (secondary N) is 3. The lowest BCUT2D eigenvalue weighted by molar-refractivity contribution is 0.0950. The summed E-state index contributed by atoms with van der Waals surface area (Å²) in [5.41, 5.74) is 2.81. The fourth-order valence-electron chi connectivity index (χ4n) is 4.70. The third-order valence-electron chi connectivity index (χ3n) is 7.19. The third kappa shape index (κ3) is 6.75. The molecule has 2 heterocycles. The molecule has 0 radical (unpaired) electrons. The molecule has 2 amide bonds. The van der Waals surface area contributed by atoms with E-state index in [9.17, 15) is 23.2 Å². The quantitative estimate of drug-likeness (QED) is 0.211. The maximum Gasteiger partial charge on any atom is 0.280 e. The molecular formula is C32H28ClF2N7O3. The van der Waals surface area contributed by atoms with Gasteiger partial charge in [-0.1, -0.05) is 35.9 Å². The predicted molar refractivity (Wildman–Crippen MR) is 169 cm³/mol. The fourth-order valence-corrected chi connectivity index (χ4v) is 4.97. The molecular weight excluding hydrogens is 604 g/mol. The van der Waals surface area contributed by atoms with Crippen molar-refractivity contribution < 1.29 is 18.4 Å². The standard InChI is InChI=1S/C32H28ClF2N7O3/c1-18-28(31(45)42(41(18)3)17-20-6-10-25(34)26(35)14-20)30(44)37-12-4-5-19-7-11-27-21(13-19)16-38-32(40-27)39-22-8-9-23(24(33)15-22)29(43)36-2/h4-11,13-16H,12,17H2,1-3H3,(H,36,43)(H,37,44)(H,38,39,40)/b5-4+. The van der Waals surface area contributed by atoms with Gasteiger partial charge in [-0.15, -0.1) is 0 Å². The summed E-state index contributed by atoms with van der Waals surface area (Å²) in [5, 5.41) is 9.44. The summed E-state index contributed by atoms with van der Waals surface area (Å²) in [4.78, 5) is 46.7. The summed E-state index contributed by atoms with van der Waals surface area (Å²) in [6.45, 7) is 1.78. The van der Waals surface area contributed by atoms with E-state index in [4.69, 9.17) is 11.6 Å². The van der Waals surface area contributed by atoms with E-state index in [1.54, 1.807) is 44.4 Å². The van der Waals surface area contributed by atoms with Gasteiger partial charge in [0.2, 0.25) is 5.95 Å². The molecule has 3 N–H and O–H groups in total. The van der Waals surface area contributed by atoms with Crippen LogP contribution in [0, 0.1) is 18.6 Å². The van der Waals surface area contributed by atoms with Gasteiger partial charge in [0.25, 0.3) is 17.4 Å². The number of anilines is 2. The molecule has 0 aliphatic carbocycles. The number of hydrogen-bond donors (Lipinski definition) is 3. The van der Waals surface area contributed by atoms with Gasteiger partial charge in [0.05, 0.1) is 22.6 Å². The van der Waals surface area contributed by atoms with E-state index < -0.39 is 23.1 Å². The van der Waals surface area contributed by atoms with Crippen LogP contribution in [0.3, 0.4) is 0 Å². The third-order valence-corrected chi connectivity index (χ3v) is 7.51. The van der Waals surface area contributed by atoms with Crippen LogP contribution in [0.2, 0.25) is 5.02 Å². The monoisotopic (exact) mass is 631 g/mol. The first-order chi connectivity index (χ1) is 21.5. The van der Waals surface area contributed by atoms with E-state index in [0.717, 1.165) is 23.1 Å². The zero-order chi connectivity index (χ0) is 32.2. The molecule has 0 spiro atoms. The Morgan fingerprint density at radius 3 is 2.56 bits per heavy atom. The second-order valence-corrected chi connectivity index (χ2v) is 10.5. The van der Waals surface area contributed by atoms with Crippen LogP contribution < -0.4 is 21.5 Å². The van der Waals surface area contributed by atoms with E-state index in [1.165, 1.54) is 22.5 Å². The van der Waals surface area contributed by atoms with Gasteiger partial charge in [0, 0.05) is 43.6 Å². The first kappa shape index (κ1) is 31.1. The molecule has 5 aromatic rings. The zero-order valence-electron chi connectivity index (χ0n) is 24.5. The molecule has 3 aromatic carbocycles. The Balaban J connectivity index is 1.22. The molecule has 0 atom stereocenters. The highest BCUT2D eigenvalue weighted by atomic mass is 35.5. The largest absolute Gasteiger partial charge is 0.355 e. The Labute approximate surface area is 261 Å². The minimum atomic E-state index is -1.01. The van der Waals surface area contributed by atoms with Crippen LogP contribution >= 0.6 is 11.6 Å². The van der Waals surface area contributed by atoms with Gasteiger partial charge in [-0.25, -0.2) is 23.4 Å². The highest BCUT2D eigenvalue weighted by Gasteiger charge is 2.21. The summed E-state index contributed by atoms with van der Waals surface area (Å²) in [5.74, 6) is -2.45. The maximum atomic E-state index is 13.6. The van der Waals surface area contributed by atoms with Gasteiger partial charge < -0.3 is 16.0 Å². The Bertz CT molecular complexity index is 2040. The first-order valence-corrected chi connectivity index (χ1v) is 14.1. The van der Waals surface area contributed by atoms with Crippen LogP contribution in [-0.4, -0.2) is 44.7 Å². The molecule has 0 bridgehead atoms. The number of aromatic nitrogens is 4. The van der Waals surface area contributed by atoms with Gasteiger partial charge in [-0.3, -0.25) is 19.1 Å². The molecule has 13 heteroatoms. The van der Waals surface area contributed by atoms with Crippen LogP contribution in [0.25, 0.3) is 17.0 Å². The van der Waals surface area contributed by atoms with Crippen LogP contribution in [-0.2, 0) is 13.6 Å². The average Bonchev–Trinajstić information content (AvgIpc) is 3.23. The van der Waals surface area contributed by atoms with Crippen molar-refractivity contribution in [2.75, 3.05) is 18.9 Å². The van der Waals surface area contributed by atoms with E-state index in [0.29, 0.717) is 39.0 Å². The number of hydrogen-bond acceptors (Lipinski definition) is 6. The zero-order valence-corrected chi connectivity index (χ0v) is 25.2. The number of amides is 2. The normalized spacial score (nSPS) is 11.2. The second kappa shape index (κ2) is 13.1. The lowest BCUT2D eigenvalue weighted by atomic mass is 10.1. The summed E-state index contributed by atoms with van der Waals surface area (Å²) in [7, 11) is 3.15. The van der Waals surface area contributed by atoms with Crippen molar-refractivity contribution in [3.63, 3.8) is 0 Å². The van der Waals surface area contributed by atoms with Gasteiger partial charge in [0.15, 0.2) is 11.6 Å². The Hall–Kier alpha value is -5.36. The fraction of sp³-hybridized carbons (Fsp3) is 0.156. The van der Waals surface area contributed by atoms with Crippen molar-refractivity contribution in [2.45, 2.75) is 13.5 Å². The average molecular weight is 632 g/mol. The van der Waals surface area contributed by atoms with Crippen molar-refractivity contribution in [1.29, 1.82) is 0 Å². The molecule has 5 rings (SSSR count). The second-order valence-electron chi connectivity index (χ2n) is 10.1. The molecule has 2 aromatic heterocycles. The molecule has 0 aliphatic rings. The van der Waals surface area contributed by atoms with Crippen molar-refractivity contribution >= 4 is 52.0 Å². The summed E-state index contributed by atoms with van der Waals surface area (Å²) in [6.07, 6.45) is 5.25. The van der Waals surface area contributed by atoms with Crippen LogP contribution in [0.4, 0.5) is 20.4 Å². The van der Waals surface area contributed by atoms with Crippen molar-refractivity contribution in [3.05, 3.63) is 122 Å². The van der Waals surface area contributed by atoms with Crippen molar-refractivity contribution in [1.82, 2.24) is 30.0 Å². The molecule has 10 nitrogen and oxygen atoms in total. The maximum absolute atomic E-state index is 13.6. The predicted octanol–water partition coefficient (Wildman–Crippen LogP) is 4.96. The summed E-state index contributed by atoms with van der Waals surface area (Å²) >= 11 is 6.23. The van der Waals surface area contributed by atoms with Gasteiger partial charge in [-0.05, 0) is 60.5 Å². The van der Waals surface area contributed by atoms with E-state index >= 15 is 0 Å². The number of rotatable bonds is 9. The van der Waals surface area contributed by atoms with Crippen LogP contribution in [0.1, 0.15) is 37.5 Å². The number of halogens is 3. The van der Waals surface area contributed by atoms with Crippen LogP contribution in [0.15, 0.2) is 71.7 Å².